The Morgan fingerprint density at radius 1 is 1.20 bits per heavy atom. The monoisotopic (exact) mass is 243 g/mol. The minimum absolute atomic E-state index is 0.355. The van der Waals surface area contributed by atoms with E-state index in [-0.39, 0.29) is 0 Å². The van der Waals surface area contributed by atoms with Crippen LogP contribution in [0.2, 0.25) is 10.0 Å². The maximum Gasteiger partial charge on any atom is 0.0457 e. The van der Waals surface area contributed by atoms with Crippen LogP contribution in [0.1, 0.15) is 36.4 Å². The van der Waals surface area contributed by atoms with E-state index in [4.69, 9.17) is 23.2 Å². The summed E-state index contributed by atoms with van der Waals surface area (Å²) in [6.45, 7) is 0. The van der Waals surface area contributed by atoms with Crippen LogP contribution < -0.4 is 5.32 Å². The van der Waals surface area contributed by atoms with Crippen LogP contribution in [0.4, 0.5) is 0 Å². The molecule has 0 aliphatic heterocycles. The Kier molecular flexibility index (Phi) is 3.55. The van der Waals surface area contributed by atoms with Gasteiger partial charge < -0.3 is 5.32 Å². The van der Waals surface area contributed by atoms with E-state index in [2.05, 4.69) is 5.32 Å². The molecule has 0 saturated carbocycles. The molecule has 15 heavy (non-hydrogen) atoms. The lowest BCUT2D eigenvalue weighted by molar-refractivity contribution is 0.533. The predicted molar refractivity (Wildman–Crippen MR) is 65.8 cm³/mol. The number of nitrogens with one attached hydrogen (secondary N) is 1. The molecule has 0 amide bonds. The molecule has 0 aromatic heterocycles. The van der Waals surface area contributed by atoms with Crippen molar-refractivity contribution < 1.29 is 0 Å². The maximum atomic E-state index is 6.26. The van der Waals surface area contributed by atoms with E-state index in [0.717, 1.165) is 22.9 Å². The molecule has 0 saturated heterocycles. The molecule has 3 heteroatoms. The van der Waals surface area contributed by atoms with Crippen LogP contribution in [0, 0.1) is 0 Å². The second-order valence-electron chi connectivity index (χ2n) is 4.01. The van der Waals surface area contributed by atoms with Crippen molar-refractivity contribution in [3.63, 3.8) is 0 Å². The summed E-state index contributed by atoms with van der Waals surface area (Å²) in [5.41, 5.74) is 2.45. The zero-order valence-electron chi connectivity index (χ0n) is 8.82. The Labute approximate surface area is 101 Å². The average molecular weight is 244 g/mol. The third kappa shape index (κ3) is 2.15. The molecule has 0 bridgehead atoms. The van der Waals surface area contributed by atoms with Gasteiger partial charge in [-0.2, -0.15) is 0 Å². The highest BCUT2D eigenvalue weighted by Gasteiger charge is 2.21. The maximum absolute atomic E-state index is 6.26. The van der Waals surface area contributed by atoms with E-state index in [1.807, 2.05) is 19.2 Å². The van der Waals surface area contributed by atoms with Crippen LogP contribution in [0.25, 0.3) is 0 Å². The lowest BCUT2D eigenvalue weighted by atomic mass is 9.99. The highest BCUT2D eigenvalue weighted by molar-refractivity contribution is 6.34. The molecule has 1 aliphatic rings. The van der Waals surface area contributed by atoms with Gasteiger partial charge in [-0.05, 0) is 49.6 Å². The smallest absolute Gasteiger partial charge is 0.0457 e. The van der Waals surface area contributed by atoms with E-state index in [0.29, 0.717) is 6.04 Å². The van der Waals surface area contributed by atoms with Gasteiger partial charge in [0.05, 0.1) is 0 Å². The third-order valence-electron chi connectivity index (χ3n) is 3.11. The molecule has 1 aliphatic carbocycles. The number of rotatable bonds is 1. The van der Waals surface area contributed by atoms with Crippen molar-refractivity contribution in [3.05, 3.63) is 33.3 Å². The number of hydrogen-bond donors (Lipinski definition) is 1. The first-order chi connectivity index (χ1) is 7.24. The summed E-state index contributed by atoms with van der Waals surface area (Å²) in [6.07, 6.45) is 4.62. The predicted octanol–water partition coefficient (Wildman–Crippen LogP) is 3.98. The number of benzene rings is 1. The average Bonchev–Trinajstić information content (AvgIpc) is 2.46. The van der Waals surface area contributed by atoms with Crippen molar-refractivity contribution in [2.24, 2.45) is 0 Å². The van der Waals surface area contributed by atoms with Gasteiger partial charge in [-0.3, -0.25) is 0 Å². The van der Waals surface area contributed by atoms with Gasteiger partial charge in [-0.1, -0.05) is 29.6 Å². The molecule has 82 valence electrons. The van der Waals surface area contributed by atoms with Crippen molar-refractivity contribution >= 4 is 23.2 Å². The number of halogens is 2. The largest absolute Gasteiger partial charge is 0.313 e. The van der Waals surface area contributed by atoms with Crippen LogP contribution in [0.5, 0.6) is 0 Å². The van der Waals surface area contributed by atoms with Crippen LogP contribution >= 0.6 is 23.2 Å². The highest BCUT2D eigenvalue weighted by atomic mass is 35.5. The van der Waals surface area contributed by atoms with E-state index >= 15 is 0 Å². The molecule has 0 heterocycles. The SMILES string of the molecule is CNC1CCCCc2c(Cl)ccc(Cl)c21. The van der Waals surface area contributed by atoms with Crippen LogP contribution in [0.3, 0.4) is 0 Å². The molecule has 1 N–H and O–H groups in total. The Morgan fingerprint density at radius 2 is 1.93 bits per heavy atom. The summed E-state index contributed by atoms with van der Waals surface area (Å²) >= 11 is 12.5. The number of hydrogen-bond acceptors (Lipinski definition) is 1. The van der Waals surface area contributed by atoms with Crippen LogP contribution in [-0.2, 0) is 6.42 Å². The lowest BCUT2D eigenvalue weighted by Crippen LogP contribution is -2.17. The Hall–Kier alpha value is -0.240. The van der Waals surface area contributed by atoms with Crippen molar-refractivity contribution in [3.8, 4) is 0 Å². The van der Waals surface area contributed by atoms with Gasteiger partial charge in [-0.25, -0.2) is 0 Å². The molecular weight excluding hydrogens is 229 g/mol. The van der Waals surface area contributed by atoms with Crippen molar-refractivity contribution in [1.82, 2.24) is 5.32 Å². The quantitative estimate of drug-likeness (QED) is 0.737. The molecule has 1 aromatic rings. The van der Waals surface area contributed by atoms with Gasteiger partial charge in [0.1, 0.15) is 0 Å². The first-order valence-electron chi connectivity index (χ1n) is 5.38. The summed E-state index contributed by atoms with van der Waals surface area (Å²) in [6, 6.07) is 4.16. The first-order valence-corrected chi connectivity index (χ1v) is 6.13. The van der Waals surface area contributed by atoms with E-state index in [1.54, 1.807) is 0 Å². The zero-order valence-corrected chi connectivity index (χ0v) is 10.3. The fraction of sp³-hybridized carbons (Fsp3) is 0.500. The van der Waals surface area contributed by atoms with Gasteiger partial charge in [-0.15, -0.1) is 0 Å². The van der Waals surface area contributed by atoms with E-state index < -0.39 is 0 Å². The molecule has 1 atom stereocenters. The van der Waals surface area contributed by atoms with Gasteiger partial charge in [0, 0.05) is 16.1 Å². The van der Waals surface area contributed by atoms with Gasteiger partial charge >= 0.3 is 0 Å². The minimum Gasteiger partial charge on any atom is -0.313 e. The Morgan fingerprint density at radius 3 is 2.67 bits per heavy atom. The summed E-state index contributed by atoms with van der Waals surface area (Å²) in [5, 5.41) is 5.03. The first kappa shape index (κ1) is 11.3. The summed E-state index contributed by atoms with van der Waals surface area (Å²) in [5.74, 6) is 0. The zero-order chi connectivity index (χ0) is 10.8. The molecule has 1 aromatic carbocycles. The van der Waals surface area contributed by atoms with Gasteiger partial charge in [0.15, 0.2) is 0 Å². The Bertz CT molecular complexity index is 363. The molecule has 0 fully saturated rings. The second kappa shape index (κ2) is 4.73. The van der Waals surface area contributed by atoms with E-state index in [9.17, 15) is 0 Å². The van der Waals surface area contributed by atoms with E-state index in [1.165, 1.54) is 24.0 Å². The topological polar surface area (TPSA) is 12.0 Å². The molecular formula is C12H15Cl2N. The fourth-order valence-corrected chi connectivity index (χ4v) is 2.89. The lowest BCUT2D eigenvalue weighted by Gasteiger charge is -2.19. The van der Waals surface area contributed by atoms with Crippen molar-refractivity contribution in [1.29, 1.82) is 0 Å². The van der Waals surface area contributed by atoms with Gasteiger partial charge in [0.25, 0.3) is 0 Å². The van der Waals surface area contributed by atoms with Crippen LogP contribution in [-0.4, -0.2) is 7.05 Å². The third-order valence-corrected chi connectivity index (χ3v) is 3.80. The van der Waals surface area contributed by atoms with Gasteiger partial charge in [0.2, 0.25) is 0 Å². The normalized spacial score (nSPS) is 20.9. The molecule has 0 spiro atoms. The molecule has 0 radical (unpaired) electrons. The van der Waals surface area contributed by atoms with Crippen molar-refractivity contribution in [2.75, 3.05) is 7.05 Å². The molecule has 2 rings (SSSR count). The van der Waals surface area contributed by atoms with Crippen molar-refractivity contribution in [2.45, 2.75) is 31.7 Å². The van der Waals surface area contributed by atoms with Crippen LogP contribution in [0.15, 0.2) is 12.1 Å². The summed E-state index contributed by atoms with van der Waals surface area (Å²) in [7, 11) is 1.98. The minimum atomic E-state index is 0.355. The Balaban J connectivity index is 2.54. The molecule has 1 unspecified atom stereocenters. The standard InChI is InChI=1S/C12H15Cl2N/c1-15-11-5-3-2-4-8-9(13)6-7-10(14)12(8)11/h6-7,11,15H,2-5H2,1H3. The fourth-order valence-electron chi connectivity index (χ4n) is 2.32. The highest BCUT2D eigenvalue weighted by Crippen LogP contribution is 2.37. The second-order valence-corrected chi connectivity index (χ2v) is 4.82. The molecule has 1 nitrogen and oxygen atoms in total. The number of fused-ring (bicyclic) bond motifs is 1. The summed E-state index contributed by atoms with van der Waals surface area (Å²) in [4.78, 5) is 0. The summed E-state index contributed by atoms with van der Waals surface area (Å²) < 4.78 is 0.